The van der Waals surface area contributed by atoms with E-state index in [9.17, 15) is 14.7 Å². The number of pyridine rings is 1. The molecule has 2 N–H and O–H groups in total. The molecule has 27 heavy (non-hydrogen) atoms. The summed E-state index contributed by atoms with van der Waals surface area (Å²) in [4.78, 5) is 28.4. The van der Waals surface area contributed by atoms with Crippen molar-refractivity contribution in [3.63, 3.8) is 0 Å². The Morgan fingerprint density at radius 1 is 1.22 bits per heavy atom. The van der Waals surface area contributed by atoms with Crippen LogP contribution in [0.15, 0.2) is 36.7 Å². The summed E-state index contributed by atoms with van der Waals surface area (Å²) in [5, 5.41) is 12.0. The molecule has 2 heterocycles. The molecule has 8 nitrogen and oxygen atoms in total. The van der Waals surface area contributed by atoms with Crippen molar-refractivity contribution in [2.24, 2.45) is 0 Å². The van der Waals surface area contributed by atoms with Crippen LogP contribution < -0.4 is 14.8 Å². The fourth-order valence-electron chi connectivity index (χ4n) is 2.81. The van der Waals surface area contributed by atoms with Crippen LogP contribution in [0, 0.1) is 6.92 Å². The molecule has 3 rings (SSSR count). The quantitative estimate of drug-likeness (QED) is 0.692. The normalized spacial score (nSPS) is 10.6. The number of amides is 1. The minimum absolute atomic E-state index is 0.00846. The molecule has 140 valence electrons. The van der Waals surface area contributed by atoms with Crippen molar-refractivity contribution < 1.29 is 24.2 Å². The summed E-state index contributed by atoms with van der Waals surface area (Å²) in [5.41, 5.74) is 2.39. The lowest BCUT2D eigenvalue weighted by atomic mass is 10.1. The summed E-state index contributed by atoms with van der Waals surface area (Å²) in [6, 6.07) is 6.57. The van der Waals surface area contributed by atoms with Gasteiger partial charge in [0.05, 0.1) is 37.6 Å². The van der Waals surface area contributed by atoms with Gasteiger partial charge in [0.15, 0.2) is 11.5 Å². The van der Waals surface area contributed by atoms with Gasteiger partial charge in [-0.3, -0.25) is 4.79 Å². The molecule has 0 aliphatic carbocycles. The number of ether oxygens (including phenoxy) is 2. The molecule has 2 aromatic heterocycles. The summed E-state index contributed by atoms with van der Waals surface area (Å²) in [5.74, 6) is -0.981. The summed E-state index contributed by atoms with van der Waals surface area (Å²) in [6.45, 7) is 1.94. The van der Waals surface area contributed by atoms with Crippen LogP contribution in [0.25, 0.3) is 5.65 Å². The van der Waals surface area contributed by atoms with E-state index >= 15 is 0 Å². The van der Waals surface area contributed by atoms with Gasteiger partial charge in [-0.2, -0.15) is 0 Å². The van der Waals surface area contributed by atoms with Crippen LogP contribution in [0.4, 0.5) is 5.69 Å². The molecule has 0 saturated heterocycles. The number of methoxy groups -OCH3 is 2. The Morgan fingerprint density at radius 2 is 1.93 bits per heavy atom. The molecule has 0 atom stereocenters. The van der Waals surface area contributed by atoms with Gasteiger partial charge in [-0.15, -0.1) is 0 Å². The first-order valence-electron chi connectivity index (χ1n) is 8.15. The van der Waals surface area contributed by atoms with Crippen molar-refractivity contribution in [2.45, 2.75) is 13.3 Å². The molecule has 1 amide bonds. The lowest BCUT2D eigenvalue weighted by molar-refractivity contribution is -0.115. The van der Waals surface area contributed by atoms with Crippen molar-refractivity contribution in [1.82, 2.24) is 9.38 Å². The average molecular weight is 369 g/mol. The van der Waals surface area contributed by atoms with Crippen LogP contribution in [0.1, 0.15) is 21.6 Å². The highest BCUT2D eigenvalue weighted by atomic mass is 16.5. The van der Waals surface area contributed by atoms with Crippen LogP contribution in [-0.2, 0) is 11.2 Å². The number of hydrogen-bond donors (Lipinski definition) is 2. The molecule has 0 fully saturated rings. The number of anilines is 1. The standard InChI is InChI=1S/C19H19N3O5/c1-11-5-4-6-22-10-12(20-18(11)22)7-17(23)21-14-9-16(27-3)15(26-2)8-13(14)19(24)25/h4-6,8-10H,7H2,1-3H3,(H,21,23)(H,24,25). The number of aryl methyl sites for hydroxylation is 1. The number of nitrogens with zero attached hydrogens (tertiary/aromatic N) is 2. The van der Waals surface area contributed by atoms with Crippen molar-refractivity contribution >= 4 is 23.2 Å². The van der Waals surface area contributed by atoms with Crippen molar-refractivity contribution in [2.75, 3.05) is 19.5 Å². The lowest BCUT2D eigenvalue weighted by Crippen LogP contribution is -2.17. The number of imidazole rings is 1. The first kappa shape index (κ1) is 18.2. The zero-order chi connectivity index (χ0) is 19.6. The second-order valence-electron chi connectivity index (χ2n) is 5.94. The third-order valence-electron chi connectivity index (χ3n) is 4.10. The van der Waals surface area contributed by atoms with Crippen LogP contribution >= 0.6 is 0 Å². The van der Waals surface area contributed by atoms with Crippen LogP contribution in [0.5, 0.6) is 11.5 Å². The second-order valence-corrected chi connectivity index (χ2v) is 5.94. The van der Waals surface area contributed by atoms with E-state index in [0.29, 0.717) is 11.4 Å². The summed E-state index contributed by atoms with van der Waals surface area (Å²) in [6.07, 6.45) is 3.64. The molecule has 0 saturated carbocycles. The summed E-state index contributed by atoms with van der Waals surface area (Å²) >= 11 is 0. The topological polar surface area (TPSA) is 102 Å². The smallest absolute Gasteiger partial charge is 0.337 e. The SMILES string of the molecule is COc1cc(NC(=O)Cc2cn3cccc(C)c3n2)c(C(=O)O)cc1OC. The largest absolute Gasteiger partial charge is 0.493 e. The van der Waals surface area contributed by atoms with Crippen molar-refractivity contribution in [3.05, 3.63) is 53.5 Å². The van der Waals surface area contributed by atoms with E-state index in [0.717, 1.165) is 11.2 Å². The van der Waals surface area contributed by atoms with Crippen molar-refractivity contribution in [3.8, 4) is 11.5 Å². The van der Waals surface area contributed by atoms with Gasteiger partial charge in [-0.25, -0.2) is 9.78 Å². The molecule has 0 bridgehead atoms. The fourth-order valence-corrected chi connectivity index (χ4v) is 2.81. The van der Waals surface area contributed by atoms with Crippen LogP contribution in [-0.4, -0.2) is 40.6 Å². The number of carbonyl (C=O) groups is 2. The number of fused-ring (bicyclic) bond motifs is 1. The number of aromatic nitrogens is 2. The van der Waals surface area contributed by atoms with Gasteiger partial charge in [0.2, 0.25) is 5.91 Å². The first-order valence-corrected chi connectivity index (χ1v) is 8.15. The van der Waals surface area contributed by atoms with E-state index in [1.165, 1.54) is 26.4 Å². The number of nitrogens with one attached hydrogen (secondary N) is 1. The highest BCUT2D eigenvalue weighted by Gasteiger charge is 2.18. The number of carboxylic acid groups (broad SMARTS) is 1. The zero-order valence-electron chi connectivity index (χ0n) is 15.1. The fraction of sp³-hybridized carbons (Fsp3) is 0.211. The van der Waals surface area contributed by atoms with Gasteiger partial charge >= 0.3 is 5.97 Å². The zero-order valence-corrected chi connectivity index (χ0v) is 15.1. The minimum atomic E-state index is -1.19. The number of hydrogen-bond acceptors (Lipinski definition) is 5. The molecule has 0 unspecified atom stereocenters. The van der Waals surface area contributed by atoms with E-state index in [4.69, 9.17) is 9.47 Å². The van der Waals surface area contributed by atoms with Crippen LogP contribution in [0.3, 0.4) is 0 Å². The highest BCUT2D eigenvalue weighted by Crippen LogP contribution is 2.33. The minimum Gasteiger partial charge on any atom is -0.493 e. The van der Waals surface area contributed by atoms with E-state index in [-0.39, 0.29) is 29.3 Å². The Bertz CT molecular complexity index is 1030. The third-order valence-corrected chi connectivity index (χ3v) is 4.10. The monoisotopic (exact) mass is 369 g/mol. The Labute approximate surface area is 155 Å². The van der Waals surface area contributed by atoms with Gasteiger partial charge in [0.1, 0.15) is 5.65 Å². The van der Waals surface area contributed by atoms with Crippen LogP contribution in [0.2, 0.25) is 0 Å². The number of carboxylic acids is 1. The van der Waals surface area contributed by atoms with E-state index in [1.807, 2.05) is 29.7 Å². The third kappa shape index (κ3) is 3.69. The van der Waals surface area contributed by atoms with Gasteiger partial charge < -0.3 is 24.3 Å². The van der Waals surface area contributed by atoms with Gasteiger partial charge in [0, 0.05) is 24.5 Å². The van der Waals surface area contributed by atoms with E-state index in [1.54, 1.807) is 6.20 Å². The average Bonchev–Trinajstić information content (AvgIpc) is 3.04. The molecule has 0 radical (unpaired) electrons. The Balaban J connectivity index is 1.86. The Morgan fingerprint density at radius 3 is 2.56 bits per heavy atom. The van der Waals surface area contributed by atoms with E-state index < -0.39 is 5.97 Å². The maximum absolute atomic E-state index is 12.4. The van der Waals surface area contributed by atoms with Gasteiger partial charge in [-0.1, -0.05) is 6.07 Å². The Kier molecular flexibility index (Phi) is 4.98. The predicted molar refractivity (Wildman–Crippen MR) is 98.8 cm³/mol. The van der Waals surface area contributed by atoms with Gasteiger partial charge in [0.25, 0.3) is 0 Å². The number of carbonyl (C=O) groups excluding carboxylic acids is 1. The summed E-state index contributed by atoms with van der Waals surface area (Å²) in [7, 11) is 2.84. The molecule has 3 aromatic rings. The molecular formula is C19H19N3O5. The molecule has 0 aliphatic heterocycles. The van der Waals surface area contributed by atoms with Gasteiger partial charge in [-0.05, 0) is 18.6 Å². The second kappa shape index (κ2) is 7.36. The maximum Gasteiger partial charge on any atom is 0.337 e. The maximum atomic E-state index is 12.4. The number of aromatic carboxylic acids is 1. The van der Waals surface area contributed by atoms with E-state index in [2.05, 4.69) is 10.3 Å². The summed E-state index contributed by atoms with van der Waals surface area (Å²) < 4.78 is 12.1. The lowest BCUT2D eigenvalue weighted by Gasteiger charge is -2.13. The molecular weight excluding hydrogens is 350 g/mol. The molecule has 0 spiro atoms. The highest BCUT2D eigenvalue weighted by molar-refractivity contribution is 6.01. The molecule has 0 aliphatic rings. The first-order chi connectivity index (χ1) is 12.9. The number of rotatable bonds is 6. The Hall–Kier alpha value is -3.55. The van der Waals surface area contributed by atoms with Crippen molar-refractivity contribution in [1.29, 1.82) is 0 Å². The number of benzene rings is 1. The predicted octanol–water partition coefficient (Wildman–Crippen LogP) is 2.54. The molecule has 8 heteroatoms. The molecule has 1 aromatic carbocycles.